The molecule has 168 valence electrons. The minimum absolute atomic E-state index is 0.350. The maximum absolute atomic E-state index is 14.3. The van der Waals surface area contributed by atoms with Crippen molar-refractivity contribution in [3.05, 3.63) is 57.4 Å². The molecule has 9 heteroatoms. The van der Waals surface area contributed by atoms with Crippen LogP contribution in [0.1, 0.15) is 60.1 Å². The lowest BCUT2D eigenvalue weighted by molar-refractivity contribution is 0.0739. The number of halogens is 1. The Bertz CT molecular complexity index is 1240. The third-order valence-corrected chi connectivity index (χ3v) is 7.53. The molecule has 2 aliphatic rings. The van der Waals surface area contributed by atoms with Crippen molar-refractivity contribution in [3.8, 4) is 6.07 Å². The van der Waals surface area contributed by atoms with E-state index in [1.807, 2.05) is 0 Å². The number of carbonyl (C=O) groups excluding carboxylic acids is 1. The van der Waals surface area contributed by atoms with Crippen LogP contribution in [0.15, 0.2) is 23.1 Å². The topological polar surface area (TPSA) is 126 Å². The van der Waals surface area contributed by atoms with E-state index in [1.165, 1.54) is 25.0 Å². The van der Waals surface area contributed by atoms with Gasteiger partial charge in [-0.25, -0.2) is 22.9 Å². The summed E-state index contributed by atoms with van der Waals surface area (Å²) in [5.41, 5.74) is 2.81. The number of fused-ring (bicyclic) bond motifs is 2. The number of aryl methyl sites for hydroxylation is 2. The maximum atomic E-state index is 14.3. The number of amides is 2. The maximum Gasteiger partial charge on any atom is 0.331 e. The van der Waals surface area contributed by atoms with Crippen LogP contribution in [-0.4, -0.2) is 15.3 Å². The molecule has 0 aliphatic heterocycles. The Labute approximate surface area is 186 Å². The second-order valence-corrected chi connectivity index (χ2v) is 10.6. The molecule has 4 rings (SSSR count). The lowest BCUT2D eigenvalue weighted by Crippen LogP contribution is -2.35. The van der Waals surface area contributed by atoms with Crippen LogP contribution in [0.5, 0.6) is 0 Å². The number of aliphatic hydroxyl groups is 1. The molecule has 0 radical (unpaired) electrons. The van der Waals surface area contributed by atoms with Crippen LogP contribution in [0, 0.1) is 21.9 Å². The zero-order valence-corrected chi connectivity index (χ0v) is 18.8. The van der Waals surface area contributed by atoms with E-state index < -0.39 is 32.9 Å². The normalized spacial score (nSPS) is 16.6. The van der Waals surface area contributed by atoms with Crippen molar-refractivity contribution in [1.29, 1.82) is 10.0 Å². The SMILES string of the molecule is CC(C)(O)c1c(F)ccc(S(=N)(=O)NC(=O)Nc2c3c(cc4c2CCC4)CCC3)c1C#N. The van der Waals surface area contributed by atoms with E-state index in [0.717, 1.165) is 67.5 Å². The predicted molar refractivity (Wildman–Crippen MR) is 118 cm³/mol. The number of nitrogens with zero attached hydrogens (tertiary/aromatic N) is 1. The average Bonchev–Trinajstić information content (AvgIpc) is 3.34. The summed E-state index contributed by atoms with van der Waals surface area (Å²) in [6, 6.07) is 5.11. The summed E-state index contributed by atoms with van der Waals surface area (Å²) in [4.78, 5) is 12.5. The molecular weight excluding hydrogens is 431 g/mol. The fourth-order valence-electron chi connectivity index (χ4n) is 4.80. The summed E-state index contributed by atoms with van der Waals surface area (Å²) in [5.74, 6) is -0.854. The van der Waals surface area contributed by atoms with Gasteiger partial charge in [-0.15, -0.1) is 0 Å². The third kappa shape index (κ3) is 3.85. The lowest BCUT2D eigenvalue weighted by atomic mass is 9.93. The highest BCUT2D eigenvalue weighted by Crippen LogP contribution is 2.38. The van der Waals surface area contributed by atoms with Crippen molar-refractivity contribution in [2.75, 3.05) is 5.32 Å². The second-order valence-electron chi connectivity index (χ2n) is 8.81. The second kappa shape index (κ2) is 7.87. The highest BCUT2D eigenvalue weighted by molar-refractivity contribution is 7.91. The first-order chi connectivity index (χ1) is 15.0. The minimum Gasteiger partial charge on any atom is -0.386 e. The van der Waals surface area contributed by atoms with Crippen molar-refractivity contribution in [2.45, 2.75) is 62.9 Å². The van der Waals surface area contributed by atoms with Gasteiger partial charge in [0.25, 0.3) is 0 Å². The molecule has 2 aliphatic carbocycles. The summed E-state index contributed by atoms with van der Waals surface area (Å²) in [7, 11) is -4.01. The Morgan fingerprint density at radius 1 is 1.19 bits per heavy atom. The van der Waals surface area contributed by atoms with Crippen LogP contribution in [0.2, 0.25) is 0 Å². The van der Waals surface area contributed by atoms with Gasteiger partial charge in [0.2, 0.25) is 0 Å². The Morgan fingerprint density at radius 2 is 1.78 bits per heavy atom. The standard InChI is InChI=1S/C23H25FN4O3S/c1-23(2,30)20-17(12-25)19(10-9-18(20)24)32(26,31)28-22(29)27-21-15-7-3-5-13(15)11-14-6-4-8-16(14)21/h9-11,30H,3-8H2,1-2H3,(H3,26,27,28,29,31). The Kier molecular flexibility index (Phi) is 5.47. The van der Waals surface area contributed by atoms with Crippen LogP contribution >= 0.6 is 0 Å². The summed E-state index contributed by atoms with van der Waals surface area (Å²) in [6.45, 7) is 2.58. The molecule has 2 aromatic rings. The molecule has 1 atom stereocenters. The zero-order chi connectivity index (χ0) is 23.3. The highest BCUT2D eigenvalue weighted by atomic mass is 32.2. The van der Waals surface area contributed by atoms with Crippen LogP contribution in [0.4, 0.5) is 14.9 Å². The molecule has 7 nitrogen and oxygen atoms in total. The summed E-state index contributed by atoms with van der Waals surface area (Å²) in [5, 5.41) is 22.7. The largest absolute Gasteiger partial charge is 0.386 e. The van der Waals surface area contributed by atoms with E-state index in [2.05, 4.69) is 16.1 Å². The van der Waals surface area contributed by atoms with Crippen molar-refractivity contribution in [1.82, 2.24) is 4.72 Å². The van der Waals surface area contributed by atoms with Gasteiger partial charge in [0.15, 0.2) is 9.92 Å². The van der Waals surface area contributed by atoms with Crippen LogP contribution in [0.25, 0.3) is 0 Å². The van der Waals surface area contributed by atoms with E-state index in [0.29, 0.717) is 0 Å². The number of carbonyl (C=O) groups is 1. The lowest BCUT2D eigenvalue weighted by Gasteiger charge is -2.22. The number of anilines is 1. The molecule has 4 N–H and O–H groups in total. The Balaban J connectivity index is 1.67. The van der Waals surface area contributed by atoms with Gasteiger partial charge in [0.05, 0.1) is 16.1 Å². The number of urea groups is 1. The average molecular weight is 457 g/mol. The van der Waals surface area contributed by atoms with E-state index >= 15 is 0 Å². The van der Waals surface area contributed by atoms with Gasteiger partial charge in [0, 0.05) is 11.3 Å². The first-order valence-corrected chi connectivity index (χ1v) is 12.1. The quantitative estimate of drug-likeness (QED) is 0.554. The van der Waals surface area contributed by atoms with Gasteiger partial charge >= 0.3 is 6.03 Å². The van der Waals surface area contributed by atoms with Crippen LogP contribution in [-0.2, 0) is 41.2 Å². The molecule has 0 aromatic heterocycles. The third-order valence-electron chi connectivity index (χ3n) is 6.10. The molecule has 1 unspecified atom stereocenters. The van der Waals surface area contributed by atoms with E-state index in [4.69, 9.17) is 4.78 Å². The van der Waals surface area contributed by atoms with Crippen molar-refractivity contribution < 1.29 is 18.5 Å². The Morgan fingerprint density at radius 3 is 2.31 bits per heavy atom. The fourth-order valence-corrected chi connectivity index (χ4v) is 5.92. The van der Waals surface area contributed by atoms with Gasteiger partial charge in [-0.3, -0.25) is 0 Å². The molecule has 2 amide bonds. The molecule has 2 aromatic carbocycles. The molecule has 0 spiro atoms. The Hall–Kier alpha value is -2.96. The smallest absolute Gasteiger partial charge is 0.331 e. The summed E-state index contributed by atoms with van der Waals surface area (Å²) < 4.78 is 38.0. The minimum atomic E-state index is -4.01. The predicted octanol–water partition coefficient (Wildman–Crippen LogP) is 4.04. The fraction of sp³-hybridized carbons (Fsp3) is 0.391. The summed E-state index contributed by atoms with van der Waals surface area (Å²) >= 11 is 0. The van der Waals surface area contributed by atoms with Gasteiger partial charge in [-0.05, 0) is 86.8 Å². The van der Waals surface area contributed by atoms with Gasteiger partial charge in [-0.2, -0.15) is 5.26 Å². The molecule has 0 heterocycles. The summed E-state index contributed by atoms with van der Waals surface area (Å²) in [6.07, 6.45) is 5.61. The molecule has 0 saturated carbocycles. The number of nitriles is 1. The number of rotatable bonds is 4. The van der Waals surface area contributed by atoms with Gasteiger partial charge < -0.3 is 10.4 Å². The van der Waals surface area contributed by atoms with Crippen LogP contribution in [0.3, 0.4) is 0 Å². The molecular formula is C23H25FN4O3S. The first kappa shape index (κ1) is 22.2. The zero-order valence-electron chi connectivity index (χ0n) is 18.0. The number of benzene rings is 2. The number of nitrogens with one attached hydrogen (secondary N) is 3. The van der Waals surface area contributed by atoms with Gasteiger partial charge in [-0.1, -0.05) is 6.07 Å². The molecule has 0 bridgehead atoms. The van der Waals surface area contributed by atoms with Gasteiger partial charge in [0.1, 0.15) is 11.9 Å². The monoisotopic (exact) mass is 456 g/mol. The molecule has 0 fully saturated rings. The molecule has 32 heavy (non-hydrogen) atoms. The van der Waals surface area contributed by atoms with E-state index in [9.17, 15) is 23.8 Å². The highest BCUT2D eigenvalue weighted by Gasteiger charge is 2.31. The molecule has 0 saturated heterocycles. The van der Waals surface area contributed by atoms with Crippen molar-refractivity contribution in [2.24, 2.45) is 0 Å². The van der Waals surface area contributed by atoms with E-state index in [1.54, 1.807) is 6.07 Å². The number of hydrogen-bond acceptors (Lipinski definition) is 5. The van der Waals surface area contributed by atoms with Crippen molar-refractivity contribution in [3.63, 3.8) is 0 Å². The first-order valence-electron chi connectivity index (χ1n) is 10.5. The van der Waals surface area contributed by atoms with Crippen molar-refractivity contribution >= 4 is 21.6 Å². The van der Waals surface area contributed by atoms with Crippen LogP contribution < -0.4 is 10.0 Å². The number of hydrogen-bond donors (Lipinski definition) is 4. The van der Waals surface area contributed by atoms with E-state index in [-0.39, 0.29) is 10.5 Å².